The Morgan fingerprint density at radius 3 is 2.84 bits per heavy atom. The highest BCUT2D eigenvalue weighted by Gasteiger charge is 2.30. The van der Waals surface area contributed by atoms with Gasteiger partial charge in [0, 0.05) is 25.3 Å². The lowest BCUT2D eigenvalue weighted by molar-refractivity contribution is 0.101. The van der Waals surface area contributed by atoms with Crippen molar-refractivity contribution in [3.8, 4) is 0 Å². The van der Waals surface area contributed by atoms with Crippen molar-refractivity contribution in [2.24, 2.45) is 0 Å². The molecule has 19 heavy (non-hydrogen) atoms. The molecule has 102 valence electrons. The van der Waals surface area contributed by atoms with Gasteiger partial charge in [-0.25, -0.2) is 4.98 Å². The van der Waals surface area contributed by atoms with Crippen molar-refractivity contribution >= 4 is 11.6 Å². The van der Waals surface area contributed by atoms with Crippen LogP contribution in [0.4, 0.5) is 5.82 Å². The summed E-state index contributed by atoms with van der Waals surface area (Å²) in [5.41, 5.74) is 0.754. The number of pyridine rings is 1. The number of likely N-dealkylation sites (tertiary alicyclic amines) is 1. The molecule has 0 aromatic carbocycles. The predicted molar refractivity (Wildman–Crippen MR) is 75.7 cm³/mol. The second kappa shape index (κ2) is 5.29. The van der Waals surface area contributed by atoms with Crippen LogP contribution in [-0.4, -0.2) is 47.9 Å². The first-order chi connectivity index (χ1) is 9.25. The Morgan fingerprint density at radius 2 is 2.11 bits per heavy atom. The quantitative estimate of drug-likeness (QED) is 0.778. The van der Waals surface area contributed by atoms with Crippen molar-refractivity contribution in [3.05, 3.63) is 23.9 Å². The molecule has 0 spiro atoms. The summed E-state index contributed by atoms with van der Waals surface area (Å²) in [6, 6.07) is 4.37. The molecule has 1 aromatic heterocycles. The van der Waals surface area contributed by atoms with E-state index in [-0.39, 0.29) is 5.78 Å². The normalized spacial score (nSPS) is 24.1. The highest BCUT2D eigenvalue weighted by Crippen LogP contribution is 2.26. The molecule has 2 aliphatic heterocycles. The molecule has 0 aliphatic carbocycles. The standard InChI is InChI=1S/C15H21N3O/c1-12(19)14-5-4-7-16-15(14)18-10-6-13(11-18)17-8-2-3-9-17/h4-5,7,13H,2-3,6,8-11H2,1H3. The van der Waals surface area contributed by atoms with E-state index in [1.54, 1.807) is 13.1 Å². The third-order valence-electron chi connectivity index (χ3n) is 4.29. The van der Waals surface area contributed by atoms with E-state index in [0.717, 1.165) is 24.5 Å². The van der Waals surface area contributed by atoms with Crippen LogP contribution in [0.1, 0.15) is 36.5 Å². The number of Topliss-reactive ketones (excluding diaryl/α,β-unsaturated/α-hetero) is 1. The minimum absolute atomic E-state index is 0.104. The summed E-state index contributed by atoms with van der Waals surface area (Å²) >= 11 is 0. The Morgan fingerprint density at radius 1 is 1.32 bits per heavy atom. The van der Waals surface area contributed by atoms with Crippen LogP contribution in [0.25, 0.3) is 0 Å². The molecule has 0 N–H and O–H groups in total. The number of hydrogen-bond donors (Lipinski definition) is 0. The Kier molecular flexibility index (Phi) is 3.51. The number of rotatable bonds is 3. The van der Waals surface area contributed by atoms with Gasteiger partial charge in [0.15, 0.2) is 5.78 Å². The van der Waals surface area contributed by atoms with Crippen molar-refractivity contribution in [1.29, 1.82) is 0 Å². The lowest BCUT2D eigenvalue weighted by Gasteiger charge is -2.24. The van der Waals surface area contributed by atoms with E-state index in [1.165, 1.54) is 32.4 Å². The molecule has 0 radical (unpaired) electrons. The van der Waals surface area contributed by atoms with Crippen LogP contribution in [0.2, 0.25) is 0 Å². The molecule has 4 nitrogen and oxygen atoms in total. The Labute approximate surface area is 114 Å². The van der Waals surface area contributed by atoms with Gasteiger partial charge < -0.3 is 4.90 Å². The first kappa shape index (κ1) is 12.6. The predicted octanol–water partition coefficient (Wildman–Crippen LogP) is 1.96. The van der Waals surface area contributed by atoms with Gasteiger partial charge in [-0.05, 0) is 51.4 Å². The second-order valence-electron chi connectivity index (χ2n) is 5.56. The zero-order valence-corrected chi connectivity index (χ0v) is 11.5. The van der Waals surface area contributed by atoms with Gasteiger partial charge in [-0.15, -0.1) is 0 Å². The highest BCUT2D eigenvalue weighted by molar-refractivity contribution is 5.98. The fraction of sp³-hybridized carbons (Fsp3) is 0.600. The third kappa shape index (κ3) is 2.50. The molecular weight excluding hydrogens is 238 g/mol. The number of ketones is 1. The van der Waals surface area contributed by atoms with Gasteiger partial charge in [0.25, 0.3) is 0 Å². The van der Waals surface area contributed by atoms with E-state index in [1.807, 2.05) is 12.1 Å². The maximum Gasteiger partial charge on any atom is 0.163 e. The van der Waals surface area contributed by atoms with Gasteiger partial charge in [-0.1, -0.05) is 0 Å². The molecule has 0 bridgehead atoms. The summed E-state index contributed by atoms with van der Waals surface area (Å²) in [7, 11) is 0. The van der Waals surface area contributed by atoms with E-state index in [2.05, 4.69) is 14.8 Å². The first-order valence-electron chi connectivity index (χ1n) is 7.20. The van der Waals surface area contributed by atoms with E-state index < -0.39 is 0 Å². The van der Waals surface area contributed by atoms with Crippen molar-refractivity contribution in [2.75, 3.05) is 31.1 Å². The van der Waals surface area contributed by atoms with E-state index in [4.69, 9.17) is 0 Å². The molecule has 3 rings (SSSR count). The molecule has 2 fully saturated rings. The fourth-order valence-corrected chi connectivity index (χ4v) is 3.26. The smallest absolute Gasteiger partial charge is 0.163 e. The lowest BCUT2D eigenvalue weighted by Crippen LogP contribution is -2.35. The Hall–Kier alpha value is -1.42. The topological polar surface area (TPSA) is 36.4 Å². The summed E-state index contributed by atoms with van der Waals surface area (Å²) in [5.74, 6) is 0.976. The number of aromatic nitrogens is 1. The maximum atomic E-state index is 11.7. The van der Waals surface area contributed by atoms with E-state index in [0.29, 0.717) is 6.04 Å². The van der Waals surface area contributed by atoms with Gasteiger partial charge in [-0.3, -0.25) is 9.69 Å². The Balaban J connectivity index is 1.75. The van der Waals surface area contributed by atoms with Crippen LogP contribution < -0.4 is 4.90 Å². The summed E-state index contributed by atoms with van der Waals surface area (Å²) in [6.45, 7) is 6.12. The first-order valence-corrected chi connectivity index (χ1v) is 7.20. The van der Waals surface area contributed by atoms with Crippen LogP contribution in [0.15, 0.2) is 18.3 Å². The number of nitrogens with zero attached hydrogens (tertiary/aromatic N) is 3. The van der Waals surface area contributed by atoms with E-state index in [9.17, 15) is 4.79 Å². The minimum atomic E-state index is 0.104. The van der Waals surface area contributed by atoms with Crippen LogP contribution in [0, 0.1) is 0 Å². The molecule has 1 aromatic rings. The maximum absolute atomic E-state index is 11.7. The molecule has 2 saturated heterocycles. The van der Waals surface area contributed by atoms with Gasteiger partial charge in [-0.2, -0.15) is 0 Å². The summed E-state index contributed by atoms with van der Waals surface area (Å²) in [6.07, 6.45) is 5.64. The molecule has 0 saturated carbocycles. The summed E-state index contributed by atoms with van der Waals surface area (Å²) in [4.78, 5) is 21.0. The molecule has 0 amide bonds. The van der Waals surface area contributed by atoms with E-state index >= 15 is 0 Å². The zero-order chi connectivity index (χ0) is 13.2. The van der Waals surface area contributed by atoms with Gasteiger partial charge in [0.1, 0.15) is 5.82 Å². The monoisotopic (exact) mass is 259 g/mol. The van der Waals surface area contributed by atoms with Crippen LogP contribution >= 0.6 is 0 Å². The molecule has 3 heterocycles. The fourth-order valence-electron chi connectivity index (χ4n) is 3.26. The van der Waals surface area contributed by atoms with Crippen molar-refractivity contribution in [3.63, 3.8) is 0 Å². The lowest BCUT2D eigenvalue weighted by atomic mass is 10.2. The number of anilines is 1. The van der Waals surface area contributed by atoms with Gasteiger partial charge in [0.05, 0.1) is 5.56 Å². The van der Waals surface area contributed by atoms with Crippen LogP contribution in [0.3, 0.4) is 0 Å². The average molecular weight is 259 g/mol. The van der Waals surface area contributed by atoms with Crippen molar-refractivity contribution in [1.82, 2.24) is 9.88 Å². The third-order valence-corrected chi connectivity index (χ3v) is 4.29. The number of carbonyl (C=O) groups excluding carboxylic acids is 1. The van der Waals surface area contributed by atoms with Crippen molar-refractivity contribution in [2.45, 2.75) is 32.2 Å². The van der Waals surface area contributed by atoms with Crippen LogP contribution in [-0.2, 0) is 0 Å². The number of carbonyl (C=O) groups is 1. The van der Waals surface area contributed by atoms with Crippen molar-refractivity contribution < 1.29 is 4.79 Å². The summed E-state index contributed by atoms with van der Waals surface area (Å²) in [5, 5.41) is 0. The molecular formula is C15H21N3O. The molecule has 1 unspecified atom stereocenters. The molecule has 1 atom stereocenters. The van der Waals surface area contributed by atoms with Gasteiger partial charge in [0.2, 0.25) is 0 Å². The minimum Gasteiger partial charge on any atom is -0.354 e. The Bertz CT molecular complexity index is 468. The second-order valence-corrected chi connectivity index (χ2v) is 5.56. The highest BCUT2D eigenvalue weighted by atomic mass is 16.1. The SMILES string of the molecule is CC(=O)c1cccnc1N1CCC(N2CCCC2)C1. The zero-order valence-electron chi connectivity index (χ0n) is 11.5. The van der Waals surface area contributed by atoms with Crippen LogP contribution in [0.5, 0.6) is 0 Å². The average Bonchev–Trinajstić information content (AvgIpc) is 3.09. The number of hydrogen-bond acceptors (Lipinski definition) is 4. The summed E-state index contributed by atoms with van der Waals surface area (Å²) < 4.78 is 0. The van der Waals surface area contributed by atoms with Gasteiger partial charge >= 0.3 is 0 Å². The molecule has 2 aliphatic rings. The molecule has 4 heteroatoms. The largest absolute Gasteiger partial charge is 0.354 e.